The molecule has 0 aliphatic rings. The van der Waals surface area contributed by atoms with Crippen molar-refractivity contribution < 1.29 is 4.74 Å². The number of nitrogens with two attached hydrogens (primary N) is 1. The van der Waals surface area contributed by atoms with Gasteiger partial charge < -0.3 is 10.5 Å². The van der Waals surface area contributed by atoms with Crippen LogP contribution in [-0.2, 0) is 0 Å². The van der Waals surface area contributed by atoms with Crippen LogP contribution in [0.15, 0.2) is 18.2 Å². The van der Waals surface area contributed by atoms with Gasteiger partial charge in [-0.15, -0.1) is 0 Å². The van der Waals surface area contributed by atoms with Gasteiger partial charge in [-0.2, -0.15) is 5.26 Å². The Labute approximate surface area is 84.1 Å². The molecule has 0 aliphatic heterocycles. The van der Waals surface area contributed by atoms with Gasteiger partial charge in [0.15, 0.2) is 0 Å². The first-order chi connectivity index (χ1) is 6.63. The zero-order valence-electron chi connectivity index (χ0n) is 8.45. The number of ether oxygens (including phenoxy) is 1. The summed E-state index contributed by atoms with van der Waals surface area (Å²) in [6.45, 7) is 3.81. The molecule has 74 valence electrons. The van der Waals surface area contributed by atoms with Gasteiger partial charge in [0.05, 0.1) is 12.5 Å². The Morgan fingerprint density at radius 3 is 2.86 bits per heavy atom. The van der Waals surface area contributed by atoms with Crippen LogP contribution >= 0.6 is 0 Å². The molecule has 3 nitrogen and oxygen atoms in total. The van der Waals surface area contributed by atoms with E-state index in [1.807, 2.05) is 26.0 Å². The van der Waals surface area contributed by atoms with Crippen LogP contribution in [0, 0.1) is 18.3 Å². The summed E-state index contributed by atoms with van der Waals surface area (Å²) in [5, 5.41) is 8.48. The third-order valence-corrected chi connectivity index (χ3v) is 1.91. The summed E-state index contributed by atoms with van der Waals surface area (Å²) in [4.78, 5) is 0. The average molecular weight is 190 g/mol. The van der Waals surface area contributed by atoms with Crippen LogP contribution in [0.3, 0.4) is 0 Å². The van der Waals surface area contributed by atoms with Crippen LogP contribution in [0.1, 0.15) is 18.9 Å². The lowest BCUT2D eigenvalue weighted by molar-refractivity contribution is 0.225. The molecule has 3 heteroatoms. The second-order valence-electron chi connectivity index (χ2n) is 3.32. The molecule has 0 radical (unpaired) electrons. The van der Waals surface area contributed by atoms with Gasteiger partial charge in [-0.05, 0) is 37.6 Å². The van der Waals surface area contributed by atoms with Gasteiger partial charge in [0.25, 0.3) is 0 Å². The smallest absolute Gasteiger partial charge is 0.122 e. The number of rotatable bonds is 3. The fraction of sp³-hybridized carbons (Fsp3) is 0.364. The minimum absolute atomic E-state index is 0.0812. The molecule has 0 amide bonds. The van der Waals surface area contributed by atoms with Gasteiger partial charge >= 0.3 is 0 Å². The number of nitrogen functional groups attached to an aromatic ring is 1. The number of anilines is 1. The van der Waals surface area contributed by atoms with E-state index in [-0.39, 0.29) is 6.10 Å². The maximum atomic E-state index is 8.48. The van der Waals surface area contributed by atoms with Crippen LogP contribution in [0.4, 0.5) is 5.69 Å². The van der Waals surface area contributed by atoms with Crippen molar-refractivity contribution in [1.82, 2.24) is 0 Å². The lowest BCUT2D eigenvalue weighted by Gasteiger charge is -2.13. The van der Waals surface area contributed by atoms with Crippen molar-refractivity contribution in [2.45, 2.75) is 26.4 Å². The molecular formula is C11H14N2O. The fourth-order valence-corrected chi connectivity index (χ4v) is 1.19. The molecule has 0 spiro atoms. The van der Waals surface area contributed by atoms with E-state index >= 15 is 0 Å². The van der Waals surface area contributed by atoms with Crippen LogP contribution in [0.5, 0.6) is 5.75 Å². The molecule has 1 unspecified atom stereocenters. The zero-order chi connectivity index (χ0) is 10.6. The molecule has 0 heterocycles. The van der Waals surface area contributed by atoms with E-state index in [4.69, 9.17) is 15.7 Å². The Hall–Kier alpha value is -1.69. The van der Waals surface area contributed by atoms with Crippen molar-refractivity contribution in [2.75, 3.05) is 5.73 Å². The number of nitriles is 1. The number of hydrogen-bond donors (Lipinski definition) is 1. The second-order valence-corrected chi connectivity index (χ2v) is 3.32. The summed E-state index contributed by atoms with van der Waals surface area (Å²) in [5.74, 6) is 0.793. The molecule has 1 aromatic rings. The van der Waals surface area contributed by atoms with E-state index in [2.05, 4.69) is 6.07 Å². The Bertz CT molecular complexity index is 355. The maximum Gasteiger partial charge on any atom is 0.122 e. The fourth-order valence-electron chi connectivity index (χ4n) is 1.19. The number of hydrogen-bond acceptors (Lipinski definition) is 3. The predicted molar refractivity (Wildman–Crippen MR) is 55.9 cm³/mol. The van der Waals surface area contributed by atoms with Crippen molar-refractivity contribution in [1.29, 1.82) is 5.26 Å². The second kappa shape index (κ2) is 4.52. The van der Waals surface area contributed by atoms with Crippen LogP contribution in [0.25, 0.3) is 0 Å². The van der Waals surface area contributed by atoms with Crippen LogP contribution < -0.4 is 10.5 Å². The van der Waals surface area contributed by atoms with E-state index in [0.717, 1.165) is 17.0 Å². The number of nitrogens with zero attached hydrogens (tertiary/aromatic N) is 1. The zero-order valence-corrected chi connectivity index (χ0v) is 8.45. The van der Waals surface area contributed by atoms with Gasteiger partial charge in [0, 0.05) is 5.69 Å². The third kappa shape index (κ3) is 2.67. The topological polar surface area (TPSA) is 59.0 Å². The van der Waals surface area contributed by atoms with Gasteiger partial charge in [-0.25, -0.2) is 0 Å². The van der Waals surface area contributed by atoms with Gasteiger partial charge in [0.1, 0.15) is 11.9 Å². The lowest BCUT2D eigenvalue weighted by Crippen LogP contribution is -2.11. The molecule has 1 atom stereocenters. The average Bonchev–Trinajstić information content (AvgIpc) is 2.10. The SMILES string of the molecule is Cc1cc(N)ccc1OC(C)CC#N. The summed E-state index contributed by atoms with van der Waals surface area (Å²) in [6, 6.07) is 7.55. The van der Waals surface area contributed by atoms with E-state index in [9.17, 15) is 0 Å². The monoisotopic (exact) mass is 190 g/mol. The molecule has 0 aliphatic carbocycles. The molecule has 1 rings (SSSR count). The van der Waals surface area contributed by atoms with Gasteiger partial charge in [0.2, 0.25) is 0 Å². The molecule has 0 bridgehead atoms. The highest BCUT2D eigenvalue weighted by atomic mass is 16.5. The van der Waals surface area contributed by atoms with Crippen molar-refractivity contribution in [3.63, 3.8) is 0 Å². The molecular weight excluding hydrogens is 176 g/mol. The Morgan fingerprint density at radius 2 is 2.29 bits per heavy atom. The molecule has 0 fully saturated rings. The van der Waals surface area contributed by atoms with Gasteiger partial charge in [-0.1, -0.05) is 0 Å². The number of aryl methyl sites for hydroxylation is 1. The normalized spacial score (nSPS) is 11.8. The molecule has 1 aromatic carbocycles. The minimum atomic E-state index is -0.0812. The molecule has 14 heavy (non-hydrogen) atoms. The van der Waals surface area contributed by atoms with Crippen LogP contribution in [-0.4, -0.2) is 6.10 Å². The first-order valence-electron chi connectivity index (χ1n) is 4.53. The Kier molecular flexibility index (Phi) is 3.35. The molecule has 0 saturated heterocycles. The summed E-state index contributed by atoms with van der Waals surface area (Å²) < 4.78 is 5.56. The van der Waals surface area contributed by atoms with Crippen molar-refractivity contribution in [2.24, 2.45) is 0 Å². The van der Waals surface area contributed by atoms with Crippen molar-refractivity contribution in [3.8, 4) is 11.8 Å². The summed E-state index contributed by atoms with van der Waals surface area (Å²) in [5.41, 5.74) is 7.33. The van der Waals surface area contributed by atoms with E-state index < -0.39 is 0 Å². The highest BCUT2D eigenvalue weighted by molar-refractivity contribution is 5.47. The largest absolute Gasteiger partial charge is 0.489 e. The van der Waals surface area contributed by atoms with E-state index in [1.165, 1.54) is 0 Å². The maximum absolute atomic E-state index is 8.48. The first-order valence-corrected chi connectivity index (χ1v) is 4.53. The van der Waals surface area contributed by atoms with Crippen molar-refractivity contribution >= 4 is 5.69 Å². The minimum Gasteiger partial charge on any atom is -0.489 e. The van der Waals surface area contributed by atoms with E-state index in [1.54, 1.807) is 6.07 Å². The predicted octanol–water partition coefficient (Wildman–Crippen LogP) is 2.26. The summed E-state index contributed by atoms with van der Waals surface area (Å²) >= 11 is 0. The Morgan fingerprint density at radius 1 is 1.57 bits per heavy atom. The molecule has 0 saturated carbocycles. The molecule has 2 N–H and O–H groups in total. The van der Waals surface area contributed by atoms with Crippen molar-refractivity contribution in [3.05, 3.63) is 23.8 Å². The first kappa shape index (κ1) is 10.4. The third-order valence-electron chi connectivity index (χ3n) is 1.91. The Balaban J connectivity index is 2.73. The highest BCUT2D eigenvalue weighted by Crippen LogP contribution is 2.21. The highest BCUT2D eigenvalue weighted by Gasteiger charge is 2.05. The molecule has 0 aromatic heterocycles. The van der Waals surface area contributed by atoms with E-state index in [0.29, 0.717) is 6.42 Å². The number of benzene rings is 1. The van der Waals surface area contributed by atoms with Gasteiger partial charge in [-0.3, -0.25) is 0 Å². The van der Waals surface area contributed by atoms with Crippen LogP contribution in [0.2, 0.25) is 0 Å². The summed E-state index contributed by atoms with van der Waals surface area (Å²) in [7, 11) is 0. The lowest BCUT2D eigenvalue weighted by atomic mass is 10.2. The summed E-state index contributed by atoms with van der Waals surface area (Å²) in [6.07, 6.45) is 0.311. The quantitative estimate of drug-likeness (QED) is 0.744. The standard InChI is InChI=1S/C11H14N2O/c1-8-7-10(13)3-4-11(8)14-9(2)5-6-12/h3-4,7,9H,5,13H2,1-2H3.